The maximum atomic E-state index is 10.1. The van der Waals surface area contributed by atoms with Crippen LogP contribution in [0.3, 0.4) is 0 Å². The van der Waals surface area contributed by atoms with Gasteiger partial charge in [0.05, 0.1) is 5.60 Å². The zero-order valence-electron chi connectivity index (χ0n) is 10.7. The van der Waals surface area contributed by atoms with E-state index in [0.29, 0.717) is 19.5 Å². The zero-order chi connectivity index (χ0) is 13.1. The van der Waals surface area contributed by atoms with Gasteiger partial charge in [0, 0.05) is 19.5 Å². The molecular weight excluding hydrogens is 238 g/mol. The minimum Gasteiger partial charge on any atom is -0.457 e. The van der Waals surface area contributed by atoms with E-state index in [1.165, 1.54) is 0 Å². The predicted octanol–water partition coefficient (Wildman–Crippen LogP) is 2.36. The lowest BCUT2D eigenvalue weighted by Crippen LogP contribution is -2.60. The molecule has 0 radical (unpaired) electrons. The molecule has 1 heterocycles. The van der Waals surface area contributed by atoms with E-state index >= 15 is 0 Å². The molecule has 19 heavy (non-hydrogen) atoms. The number of β-amino-alcohol motifs (C(OH)–C–C–N with tert-alkyl or cyclic N) is 1. The molecule has 3 rings (SSSR count). The van der Waals surface area contributed by atoms with Gasteiger partial charge in [0.25, 0.3) is 0 Å². The standard InChI is InChI=1S/C16H17NO2/c18-16(11-17-12-16)10-13-6-8-15(9-7-13)19-14-4-2-1-3-5-14/h1-9,17-18H,10-12H2. The van der Waals surface area contributed by atoms with Gasteiger partial charge in [0.15, 0.2) is 0 Å². The van der Waals surface area contributed by atoms with Crippen LogP contribution < -0.4 is 10.1 Å². The van der Waals surface area contributed by atoms with Crippen LogP contribution in [0.5, 0.6) is 11.5 Å². The third-order valence-electron chi connectivity index (χ3n) is 3.34. The molecule has 0 bridgehead atoms. The lowest BCUT2D eigenvalue weighted by Gasteiger charge is -2.37. The van der Waals surface area contributed by atoms with Crippen LogP contribution in [-0.2, 0) is 6.42 Å². The smallest absolute Gasteiger partial charge is 0.127 e. The summed E-state index contributed by atoms with van der Waals surface area (Å²) in [6, 6.07) is 17.6. The highest BCUT2D eigenvalue weighted by atomic mass is 16.5. The van der Waals surface area contributed by atoms with Gasteiger partial charge in [-0.3, -0.25) is 0 Å². The Bertz CT molecular complexity index is 532. The number of aliphatic hydroxyl groups is 1. The molecule has 3 heteroatoms. The Morgan fingerprint density at radius 2 is 1.58 bits per heavy atom. The maximum Gasteiger partial charge on any atom is 0.127 e. The van der Waals surface area contributed by atoms with Crippen LogP contribution in [-0.4, -0.2) is 23.8 Å². The van der Waals surface area contributed by atoms with Crippen molar-refractivity contribution in [3.8, 4) is 11.5 Å². The first-order chi connectivity index (χ1) is 9.23. The Labute approximate surface area is 112 Å². The third-order valence-corrected chi connectivity index (χ3v) is 3.34. The van der Waals surface area contributed by atoms with Gasteiger partial charge in [-0.1, -0.05) is 30.3 Å². The lowest BCUT2D eigenvalue weighted by atomic mass is 9.89. The molecule has 0 spiro atoms. The number of hydrogen-bond donors (Lipinski definition) is 2. The van der Waals surface area contributed by atoms with Crippen LogP contribution in [0.4, 0.5) is 0 Å². The molecule has 1 aliphatic heterocycles. The van der Waals surface area contributed by atoms with Crippen LogP contribution in [0.25, 0.3) is 0 Å². The maximum absolute atomic E-state index is 10.1. The van der Waals surface area contributed by atoms with Crippen molar-refractivity contribution in [1.82, 2.24) is 5.32 Å². The van der Waals surface area contributed by atoms with Gasteiger partial charge >= 0.3 is 0 Å². The molecule has 2 N–H and O–H groups in total. The highest BCUT2D eigenvalue weighted by Gasteiger charge is 2.33. The van der Waals surface area contributed by atoms with E-state index in [1.807, 2.05) is 54.6 Å². The molecule has 98 valence electrons. The molecule has 0 aliphatic carbocycles. The van der Waals surface area contributed by atoms with Crippen LogP contribution in [0.1, 0.15) is 5.56 Å². The van der Waals surface area contributed by atoms with Crippen molar-refractivity contribution < 1.29 is 9.84 Å². The number of nitrogens with one attached hydrogen (secondary N) is 1. The molecule has 0 saturated carbocycles. The minimum atomic E-state index is -0.568. The average Bonchev–Trinajstić information content (AvgIpc) is 2.40. The second-order valence-corrected chi connectivity index (χ2v) is 5.06. The zero-order valence-corrected chi connectivity index (χ0v) is 10.7. The van der Waals surface area contributed by atoms with Gasteiger partial charge < -0.3 is 15.2 Å². The SMILES string of the molecule is OC1(Cc2ccc(Oc3ccccc3)cc2)CNC1. The molecular formula is C16H17NO2. The van der Waals surface area contributed by atoms with Crippen molar-refractivity contribution in [3.63, 3.8) is 0 Å². The number of rotatable bonds is 4. The minimum absolute atomic E-state index is 0.568. The molecule has 2 aromatic rings. The van der Waals surface area contributed by atoms with Crippen LogP contribution >= 0.6 is 0 Å². The molecule has 0 amide bonds. The van der Waals surface area contributed by atoms with Crippen molar-refractivity contribution in [2.24, 2.45) is 0 Å². The summed E-state index contributed by atoms with van der Waals surface area (Å²) in [6.07, 6.45) is 0.686. The first-order valence-electron chi connectivity index (χ1n) is 6.49. The number of hydrogen-bond acceptors (Lipinski definition) is 3. The van der Waals surface area contributed by atoms with Crippen LogP contribution in [0, 0.1) is 0 Å². The van der Waals surface area contributed by atoms with Crippen LogP contribution in [0.2, 0.25) is 0 Å². The molecule has 0 atom stereocenters. The summed E-state index contributed by atoms with van der Waals surface area (Å²) >= 11 is 0. The Morgan fingerprint density at radius 3 is 2.16 bits per heavy atom. The summed E-state index contributed by atoms with van der Waals surface area (Å²) in [5.41, 5.74) is 0.561. The Morgan fingerprint density at radius 1 is 0.947 bits per heavy atom. The average molecular weight is 255 g/mol. The van der Waals surface area contributed by atoms with E-state index in [-0.39, 0.29) is 0 Å². The Hall–Kier alpha value is -1.84. The normalized spacial score (nSPS) is 16.7. The third kappa shape index (κ3) is 2.95. The molecule has 0 aromatic heterocycles. The first kappa shape index (κ1) is 12.2. The summed E-state index contributed by atoms with van der Waals surface area (Å²) in [7, 11) is 0. The van der Waals surface area contributed by atoms with E-state index in [4.69, 9.17) is 4.74 Å². The summed E-state index contributed by atoms with van der Waals surface area (Å²) < 4.78 is 5.73. The van der Waals surface area contributed by atoms with E-state index in [1.54, 1.807) is 0 Å². The molecule has 0 unspecified atom stereocenters. The van der Waals surface area contributed by atoms with Gasteiger partial charge in [-0.25, -0.2) is 0 Å². The fourth-order valence-corrected chi connectivity index (χ4v) is 2.22. The van der Waals surface area contributed by atoms with E-state index in [9.17, 15) is 5.11 Å². The van der Waals surface area contributed by atoms with Crippen LogP contribution in [0.15, 0.2) is 54.6 Å². The van der Waals surface area contributed by atoms with Gasteiger partial charge in [0.1, 0.15) is 11.5 Å². The van der Waals surface area contributed by atoms with Gasteiger partial charge in [0.2, 0.25) is 0 Å². The van der Waals surface area contributed by atoms with Crippen molar-refractivity contribution in [2.75, 3.05) is 13.1 Å². The first-order valence-corrected chi connectivity index (χ1v) is 6.49. The second kappa shape index (κ2) is 5.03. The quantitative estimate of drug-likeness (QED) is 0.881. The number of para-hydroxylation sites is 1. The van der Waals surface area contributed by atoms with Crippen molar-refractivity contribution in [1.29, 1.82) is 0 Å². The summed E-state index contributed by atoms with van der Waals surface area (Å²) in [5.74, 6) is 1.64. The van der Waals surface area contributed by atoms with E-state index in [0.717, 1.165) is 17.1 Å². The monoisotopic (exact) mass is 255 g/mol. The summed E-state index contributed by atoms with van der Waals surface area (Å²) in [6.45, 7) is 1.35. The number of ether oxygens (including phenoxy) is 1. The molecule has 2 aromatic carbocycles. The Balaban J connectivity index is 1.65. The molecule has 3 nitrogen and oxygen atoms in total. The highest BCUT2D eigenvalue weighted by Crippen LogP contribution is 2.23. The fourth-order valence-electron chi connectivity index (χ4n) is 2.22. The molecule has 1 saturated heterocycles. The van der Waals surface area contributed by atoms with Gasteiger partial charge in [-0.05, 0) is 29.8 Å². The van der Waals surface area contributed by atoms with Gasteiger partial charge in [-0.2, -0.15) is 0 Å². The fraction of sp³-hybridized carbons (Fsp3) is 0.250. The van der Waals surface area contributed by atoms with Crippen molar-refractivity contribution >= 4 is 0 Å². The summed E-state index contributed by atoms with van der Waals surface area (Å²) in [5, 5.41) is 13.2. The topological polar surface area (TPSA) is 41.5 Å². The van der Waals surface area contributed by atoms with Crippen molar-refractivity contribution in [3.05, 3.63) is 60.2 Å². The van der Waals surface area contributed by atoms with E-state index < -0.39 is 5.60 Å². The Kier molecular flexibility index (Phi) is 3.23. The summed E-state index contributed by atoms with van der Waals surface area (Å²) in [4.78, 5) is 0. The molecule has 1 aliphatic rings. The lowest BCUT2D eigenvalue weighted by molar-refractivity contribution is -0.00902. The second-order valence-electron chi connectivity index (χ2n) is 5.06. The van der Waals surface area contributed by atoms with Gasteiger partial charge in [-0.15, -0.1) is 0 Å². The largest absolute Gasteiger partial charge is 0.457 e. The highest BCUT2D eigenvalue weighted by molar-refractivity contribution is 5.33. The number of benzene rings is 2. The molecule has 1 fully saturated rings. The predicted molar refractivity (Wildman–Crippen MR) is 74.5 cm³/mol. The van der Waals surface area contributed by atoms with E-state index in [2.05, 4.69) is 5.32 Å². The van der Waals surface area contributed by atoms with Crippen molar-refractivity contribution in [2.45, 2.75) is 12.0 Å².